The van der Waals surface area contributed by atoms with Gasteiger partial charge in [0.1, 0.15) is 6.10 Å². The van der Waals surface area contributed by atoms with Crippen LogP contribution in [0.25, 0.3) is 0 Å². The van der Waals surface area contributed by atoms with Crippen LogP contribution in [-0.2, 0) is 22.7 Å². The lowest BCUT2D eigenvalue weighted by molar-refractivity contribution is -0.115. The average Bonchev–Trinajstić information content (AvgIpc) is 3.12. The summed E-state index contributed by atoms with van der Waals surface area (Å²) in [5.74, 6) is 0.961. The molecule has 1 fully saturated rings. The third-order valence-corrected chi connectivity index (χ3v) is 8.17. The van der Waals surface area contributed by atoms with Crippen molar-refractivity contribution >= 4 is 35.1 Å². The summed E-state index contributed by atoms with van der Waals surface area (Å²) >= 11 is 9.91. The van der Waals surface area contributed by atoms with E-state index in [4.69, 9.17) is 16.3 Å². The van der Waals surface area contributed by atoms with Gasteiger partial charge in [0, 0.05) is 28.2 Å². The number of thioether (sulfide) groups is 2. The fourth-order valence-electron chi connectivity index (χ4n) is 4.16. The van der Waals surface area contributed by atoms with E-state index < -0.39 is 17.1 Å². The number of benzene rings is 1. The van der Waals surface area contributed by atoms with E-state index in [9.17, 15) is 15.3 Å². The molecule has 3 rings (SSSR count). The number of hydrogen-bond donors (Lipinski definition) is 3. The highest BCUT2D eigenvalue weighted by molar-refractivity contribution is 8.00. The van der Waals surface area contributed by atoms with Gasteiger partial charge in [-0.15, -0.1) is 24.6 Å². The molecule has 1 spiro atoms. The first kappa shape index (κ1) is 27.3. The highest BCUT2D eigenvalue weighted by Gasteiger charge is 2.54. The maximum absolute atomic E-state index is 10.9. The molecule has 4 atom stereocenters. The predicted molar refractivity (Wildman–Crippen MR) is 137 cm³/mol. The second-order valence-corrected chi connectivity index (χ2v) is 10.6. The van der Waals surface area contributed by atoms with Crippen molar-refractivity contribution in [3.63, 3.8) is 0 Å². The van der Waals surface area contributed by atoms with Gasteiger partial charge in [-0.25, -0.2) is 0 Å². The standard InChI is InChI=1S/C23H31ClO4S2.C2H2/c1-3-5-15(6-4-9-29-2)10-16-11-19-17(12-20(16)24)14-28-23(19)22(27)21(26)13-18(30-23)7-8-25;1-2/h4-6,11-12,18,21-22,25-27H,3,7-10,13-14H2,1-2H3;1-2H/b6-4-,15-5+;/t18?,21?,22-,23+;/m1./s1. The van der Waals surface area contributed by atoms with Gasteiger partial charge in [-0.3, -0.25) is 0 Å². The molecule has 3 N–H and O–H groups in total. The molecule has 4 nitrogen and oxygen atoms in total. The molecule has 2 aliphatic rings. The minimum Gasteiger partial charge on any atom is -0.396 e. The van der Waals surface area contributed by atoms with Gasteiger partial charge < -0.3 is 20.1 Å². The highest BCUT2D eigenvalue weighted by Crippen LogP contribution is 2.55. The first-order valence-electron chi connectivity index (χ1n) is 10.7. The van der Waals surface area contributed by atoms with Crippen LogP contribution < -0.4 is 0 Å². The second-order valence-electron chi connectivity index (χ2n) is 7.78. The van der Waals surface area contributed by atoms with Crippen LogP contribution in [0.2, 0.25) is 5.02 Å². The summed E-state index contributed by atoms with van der Waals surface area (Å²) in [4.78, 5) is -1.02. The molecule has 0 bridgehead atoms. The summed E-state index contributed by atoms with van der Waals surface area (Å²) in [6, 6.07) is 3.98. The molecule has 0 amide bonds. The molecule has 0 aliphatic carbocycles. The Kier molecular flexibility index (Phi) is 11.2. The lowest BCUT2D eigenvalue weighted by Crippen LogP contribution is -2.50. The Balaban J connectivity index is 0.00000176. The zero-order valence-corrected chi connectivity index (χ0v) is 21.1. The van der Waals surface area contributed by atoms with Crippen LogP contribution >= 0.6 is 35.1 Å². The van der Waals surface area contributed by atoms with Crippen LogP contribution in [0.3, 0.4) is 0 Å². The number of aliphatic hydroxyl groups is 3. The molecule has 0 radical (unpaired) electrons. The highest BCUT2D eigenvalue weighted by atomic mass is 35.5. The molecule has 1 saturated heterocycles. The van der Waals surface area contributed by atoms with Crippen LogP contribution in [0.1, 0.15) is 42.9 Å². The number of halogens is 1. The minimum atomic E-state index is -1.03. The van der Waals surface area contributed by atoms with E-state index in [-0.39, 0.29) is 11.9 Å². The molecule has 0 aromatic heterocycles. The molecular weight excluding hydrogens is 464 g/mol. The topological polar surface area (TPSA) is 69.9 Å². The van der Waals surface area contributed by atoms with Crippen LogP contribution in [0.4, 0.5) is 0 Å². The molecule has 0 saturated carbocycles. The van der Waals surface area contributed by atoms with E-state index in [1.165, 1.54) is 17.3 Å². The molecule has 2 aliphatic heterocycles. The third-order valence-electron chi connectivity index (χ3n) is 5.60. The van der Waals surface area contributed by atoms with E-state index in [1.54, 1.807) is 11.8 Å². The summed E-state index contributed by atoms with van der Waals surface area (Å²) < 4.78 is 6.13. The van der Waals surface area contributed by atoms with Crippen molar-refractivity contribution in [2.45, 2.75) is 61.6 Å². The number of aliphatic hydroxyl groups excluding tert-OH is 3. The van der Waals surface area contributed by atoms with Crippen molar-refractivity contribution < 1.29 is 20.1 Å². The van der Waals surface area contributed by atoms with Gasteiger partial charge in [-0.2, -0.15) is 11.8 Å². The smallest absolute Gasteiger partial charge is 0.168 e. The molecule has 7 heteroatoms. The van der Waals surface area contributed by atoms with Crippen LogP contribution in [0.15, 0.2) is 35.9 Å². The van der Waals surface area contributed by atoms with Crippen molar-refractivity contribution in [3.05, 3.63) is 57.6 Å². The summed E-state index contributed by atoms with van der Waals surface area (Å²) in [6.07, 6.45) is 17.3. The summed E-state index contributed by atoms with van der Waals surface area (Å²) in [7, 11) is 0. The van der Waals surface area contributed by atoms with Gasteiger partial charge in [0.25, 0.3) is 0 Å². The average molecular weight is 497 g/mol. The summed E-state index contributed by atoms with van der Waals surface area (Å²) in [5.41, 5.74) is 4.04. The van der Waals surface area contributed by atoms with Crippen LogP contribution in [-0.4, -0.2) is 51.4 Å². The van der Waals surface area contributed by atoms with E-state index in [0.717, 1.165) is 28.9 Å². The second kappa shape index (κ2) is 13.1. The Hall–Kier alpha value is -0.910. The van der Waals surface area contributed by atoms with Gasteiger partial charge in [-0.05, 0) is 60.8 Å². The van der Waals surface area contributed by atoms with Crippen molar-refractivity contribution in [3.8, 4) is 12.8 Å². The van der Waals surface area contributed by atoms with E-state index in [2.05, 4.69) is 44.3 Å². The van der Waals surface area contributed by atoms with E-state index in [0.29, 0.717) is 30.9 Å². The lowest BCUT2D eigenvalue weighted by atomic mass is 9.91. The SMILES string of the molecule is C#C.CC/C=C(\C=C/CSC)Cc1cc2c(cc1Cl)CO[C@]21SC(CCO)CC(O)[C@H]1O. The van der Waals surface area contributed by atoms with Crippen molar-refractivity contribution in [1.82, 2.24) is 0 Å². The summed E-state index contributed by atoms with van der Waals surface area (Å²) in [5, 5.41) is 31.5. The molecule has 32 heavy (non-hydrogen) atoms. The molecule has 2 heterocycles. The Labute approximate surface area is 205 Å². The maximum atomic E-state index is 10.9. The van der Waals surface area contributed by atoms with Crippen LogP contribution in [0.5, 0.6) is 0 Å². The first-order chi connectivity index (χ1) is 15.4. The van der Waals surface area contributed by atoms with Gasteiger partial charge in [0.2, 0.25) is 0 Å². The third kappa shape index (κ3) is 6.15. The normalized spacial score (nSPS) is 27.4. The van der Waals surface area contributed by atoms with E-state index >= 15 is 0 Å². The monoisotopic (exact) mass is 496 g/mol. The predicted octanol–water partition coefficient (Wildman–Crippen LogP) is 4.68. The number of fused-ring (bicyclic) bond motifs is 2. The van der Waals surface area contributed by atoms with Crippen molar-refractivity contribution in [2.24, 2.45) is 0 Å². The lowest BCUT2D eigenvalue weighted by Gasteiger charge is -2.43. The first-order valence-corrected chi connectivity index (χ1v) is 13.4. The quantitative estimate of drug-likeness (QED) is 0.358. The van der Waals surface area contributed by atoms with Gasteiger partial charge >= 0.3 is 0 Å². The Bertz CT molecular complexity index is 839. The molecule has 2 unspecified atom stereocenters. The molecule has 1 aromatic rings. The van der Waals surface area contributed by atoms with Gasteiger partial charge in [-0.1, -0.05) is 36.8 Å². The Morgan fingerprint density at radius 1 is 1.38 bits per heavy atom. The largest absolute Gasteiger partial charge is 0.396 e. The van der Waals surface area contributed by atoms with Crippen molar-refractivity contribution in [2.75, 3.05) is 18.6 Å². The van der Waals surface area contributed by atoms with Gasteiger partial charge in [0.15, 0.2) is 4.93 Å². The number of ether oxygens (including phenoxy) is 1. The molecule has 1 aromatic carbocycles. The number of terminal acetylenes is 1. The molecule has 176 valence electrons. The fourth-order valence-corrected chi connectivity index (χ4v) is 6.45. The zero-order valence-electron chi connectivity index (χ0n) is 18.7. The summed E-state index contributed by atoms with van der Waals surface area (Å²) in [6.45, 7) is 2.51. The van der Waals surface area contributed by atoms with Crippen LogP contribution in [0, 0.1) is 12.8 Å². The fraction of sp³-hybridized carbons (Fsp3) is 0.520. The number of rotatable bonds is 8. The Morgan fingerprint density at radius 2 is 2.12 bits per heavy atom. The zero-order chi connectivity index (χ0) is 23.7. The maximum Gasteiger partial charge on any atom is 0.168 e. The molecular formula is C25H33ClO4S2. The number of allylic oxidation sites excluding steroid dienone is 3. The van der Waals surface area contributed by atoms with Crippen molar-refractivity contribution in [1.29, 1.82) is 0 Å². The minimum absolute atomic E-state index is 0.0171. The Morgan fingerprint density at radius 3 is 2.78 bits per heavy atom. The van der Waals surface area contributed by atoms with Gasteiger partial charge in [0.05, 0.1) is 12.7 Å². The van der Waals surface area contributed by atoms with E-state index in [1.807, 2.05) is 12.1 Å². The number of hydrogen-bond acceptors (Lipinski definition) is 6.